The van der Waals surface area contributed by atoms with Crippen molar-refractivity contribution in [2.45, 2.75) is 45.5 Å². The molecule has 0 radical (unpaired) electrons. The third-order valence-electron chi connectivity index (χ3n) is 6.19. The first kappa shape index (κ1) is 24.1. The number of allylic oxidation sites excluding steroid dienone is 6. The fourth-order valence-corrected chi connectivity index (χ4v) is 4.37. The van der Waals surface area contributed by atoms with Crippen molar-refractivity contribution in [3.63, 3.8) is 0 Å². The third-order valence-corrected chi connectivity index (χ3v) is 6.69. The van der Waals surface area contributed by atoms with E-state index >= 15 is 0 Å². The molecule has 7 nitrogen and oxygen atoms in total. The summed E-state index contributed by atoms with van der Waals surface area (Å²) in [7, 11) is 2.84. The zero-order valence-electron chi connectivity index (χ0n) is 19.1. The molecule has 0 saturated heterocycles. The zero-order chi connectivity index (χ0) is 24.9. The van der Waals surface area contributed by atoms with Crippen LogP contribution in [0.1, 0.15) is 26.7 Å². The van der Waals surface area contributed by atoms with Gasteiger partial charge in [0, 0.05) is 32.1 Å². The molecule has 182 valence electrons. The third kappa shape index (κ3) is 4.26. The Bertz CT molecular complexity index is 1410. The summed E-state index contributed by atoms with van der Waals surface area (Å²) in [5.74, 6) is 0.0803. The lowest BCUT2D eigenvalue weighted by molar-refractivity contribution is -0.0904. The van der Waals surface area contributed by atoms with Gasteiger partial charge in [0.15, 0.2) is 11.2 Å². The first-order chi connectivity index (χ1) is 15.9. The Morgan fingerprint density at radius 2 is 1.91 bits per heavy atom. The molecule has 2 unspecified atom stereocenters. The summed E-state index contributed by atoms with van der Waals surface area (Å²) in [6.45, 7) is 3.58. The fraction of sp³-hybridized carbons (Fsp3) is 0.435. The molecule has 0 aliphatic heterocycles. The van der Waals surface area contributed by atoms with Crippen LogP contribution < -0.4 is 16.0 Å². The van der Waals surface area contributed by atoms with Crippen LogP contribution in [0.3, 0.4) is 0 Å². The van der Waals surface area contributed by atoms with Crippen molar-refractivity contribution < 1.29 is 17.9 Å². The smallest absolute Gasteiger partial charge is 0.416 e. The topological polar surface area (TPSA) is 71.1 Å². The number of rotatable bonds is 4. The number of ether oxygens (including phenoxy) is 1. The number of nitrogens with zero attached hydrogens (tertiary/aromatic N) is 4. The number of aryl methyl sites for hydroxylation is 1. The average Bonchev–Trinajstić information content (AvgIpc) is 3.11. The number of imidazole rings is 1. The van der Waals surface area contributed by atoms with Crippen molar-refractivity contribution in [3.05, 3.63) is 66.9 Å². The van der Waals surface area contributed by atoms with Gasteiger partial charge in [0.05, 0.1) is 5.57 Å². The Balaban J connectivity index is 1.84. The maximum Gasteiger partial charge on any atom is 0.416 e. The maximum absolute atomic E-state index is 13.4. The van der Waals surface area contributed by atoms with Gasteiger partial charge >= 0.3 is 11.9 Å². The summed E-state index contributed by atoms with van der Waals surface area (Å²) >= 11 is 6.19. The minimum Gasteiger partial charge on any atom is -0.457 e. The Morgan fingerprint density at radius 1 is 1.21 bits per heavy atom. The van der Waals surface area contributed by atoms with Gasteiger partial charge in [-0.3, -0.25) is 18.5 Å². The number of alkyl halides is 3. The van der Waals surface area contributed by atoms with Crippen LogP contribution >= 0.6 is 11.6 Å². The van der Waals surface area contributed by atoms with Gasteiger partial charge < -0.3 is 4.74 Å². The van der Waals surface area contributed by atoms with Gasteiger partial charge in [-0.15, -0.1) is 0 Å². The van der Waals surface area contributed by atoms with E-state index in [4.69, 9.17) is 16.3 Å². The number of halogens is 4. The standard InChI is InChI=1S/C23H24ClF3N4O3/c1-12-5-7-15(10-16(12)23(25,26)27)34-21-28-19-18(20(32)30(4)22(33)29(19)3)31(21)11-14-6-8-17(24)13(2)9-14/h5-6,8,10,13,15H,7,9,11H2,1-4H3. The van der Waals surface area contributed by atoms with E-state index in [-0.39, 0.29) is 41.6 Å². The van der Waals surface area contributed by atoms with Crippen LogP contribution in [0.15, 0.2) is 55.6 Å². The first-order valence-electron chi connectivity index (χ1n) is 10.7. The van der Waals surface area contributed by atoms with Gasteiger partial charge in [-0.2, -0.15) is 18.2 Å². The lowest BCUT2D eigenvalue weighted by atomic mass is 9.95. The minimum absolute atomic E-state index is 0.0294. The van der Waals surface area contributed by atoms with Crippen LogP contribution in [0, 0.1) is 5.92 Å². The molecule has 2 heterocycles. The van der Waals surface area contributed by atoms with Crippen LogP contribution in [0.2, 0.25) is 0 Å². The second kappa shape index (κ2) is 8.65. The molecule has 0 saturated carbocycles. The van der Waals surface area contributed by atoms with E-state index < -0.39 is 29.1 Å². The molecule has 0 aromatic carbocycles. The Hall–Kier alpha value is -3.01. The van der Waals surface area contributed by atoms with E-state index in [2.05, 4.69) is 4.98 Å². The van der Waals surface area contributed by atoms with E-state index in [9.17, 15) is 22.8 Å². The molecule has 4 rings (SSSR count). The van der Waals surface area contributed by atoms with Gasteiger partial charge in [0.1, 0.15) is 6.10 Å². The minimum atomic E-state index is -4.52. The largest absolute Gasteiger partial charge is 0.457 e. The number of hydrogen-bond donors (Lipinski definition) is 0. The SMILES string of the molecule is CC1=CCC(Oc2nc3c(c(=O)n(C)c(=O)n3C)n2CC2=CC=C(Cl)C(C)C2)C=C1C(F)(F)F. The second-order valence-electron chi connectivity index (χ2n) is 8.70. The number of fused-ring (bicyclic) bond motifs is 1. The predicted molar refractivity (Wildman–Crippen MR) is 123 cm³/mol. The summed E-state index contributed by atoms with van der Waals surface area (Å²) in [5.41, 5.74) is -0.600. The molecule has 2 aromatic rings. The molecule has 2 aliphatic rings. The van der Waals surface area contributed by atoms with Crippen LogP contribution in [0.5, 0.6) is 6.01 Å². The molecule has 0 N–H and O–H groups in total. The quantitative estimate of drug-likeness (QED) is 0.638. The molecule has 2 aromatic heterocycles. The summed E-state index contributed by atoms with van der Waals surface area (Å²) in [5, 5.41) is 0.711. The molecule has 34 heavy (non-hydrogen) atoms. The number of hydrogen-bond acceptors (Lipinski definition) is 4. The molecule has 0 fully saturated rings. The predicted octanol–water partition coefficient (Wildman–Crippen LogP) is 4.11. The highest BCUT2D eigenvalue weighted by atomic mass is 35.5. The maximum atomic E-state index is 13.4. The van der Waals surface area contributed by atoms with Crippen LogP contribution in [0.25, 0.3) is 11.2 Å². The van der Waals surface area contributed by atoms with E-state index in [0.29, 0.717) is 11.5 Å². The average molecular weight is 497 g/mol. The number of aromatic nitrogens is 4. The lowest BCUT2D eigenvalue weighted by Crippen LogP contribution is -2.37. The zero-order valence-corrected chi connectivity index (χ0v) is 19.9. The van der Waals surface area contributed by atoms with Crippen LogP contribution in [-0.2, 0) is 20.6 Å². The van der Waals surface area contributed by atoms with Crippen molar-refractivity contribution in [2.75, 3.05) is 0 Å². The fourth-order valence-electron chi connectivity index (χ4n) is 4.23. The van der Waals surface area contributed by atoms with Crippen molar-refractivity contribution in [2.24, 2.45) is 20.0 Å². The van der Waals surface area contributed by atoms with E-state index in [1.165, 1.54) is 36.2 Å². The van der Waals surface area contributed by atoms with E-state index in [0.717, 1.165) is 16.2 Å². The normalized spacial score (nSPS) is 21.2. The van der Waals surface area contributed by atoms with Gasteiger partial charge in [-0.1, -0.05) is 30.7 Å². The molecule has 2 aliphatic carbocycles. The van der Waals surface area contributed by atoms with Gasteiger partial charge in [0.2, 0.25) is 0 Å². The molecule has 0 bridgehead atoms. The van der Waals surface area contributed by atoms with Gasteiger partial charge in [-0.25, -0.2) is 4.79 Å². The summed E-state index contributed by atoms with van der Waals surface area (Å²) < 4.78 is 49.9. The monoisotopic (exact) mass is 496 g/mol. The molecular weight excluding hydrogens is 473 g/mol. The van der Waals surface area contributed by atoms with Crippen LogP contribution in [-0.4, -0.2) is 31.0 Å². The van der Waals surface area contributed by atoms with Gasteiger partial charge in [0.25, 0.3) is 11.6 Å². The Kier molecular flexibility index (Phi) is 6.14. The van der Waals surface area contributed by atoms with Gasteiger partial charge in [-0.05, 0) is 42.6 Å². The first-order valence-corrected chi connectivity index (χ1v) is 11.1. The van der Waals surface area contributed by atoms with Crippen LogP contribution in [0.4, 0.5) is 13.2 Å². The van der Waals surface area contributed by atoms with Crippen molar-refractivity contribution in [3.8, 4) is 6.01 Å². The summed E-state index contributed by atoms with van der Waals surface area (Å²) in [6, 6.07) is -0.0294. The Labute approximate surface area is 198 Å². The molecular formula is C23H24ClF3N4O3. The molecule has 11 heteroatoms. The highest BCUT2D eigenvalue weighted by Crippen LogP contribution is 2.35. The Morgan fingerprint density at radius 3 is 2.56 bits per heavy atom. The molecule has 0 amide bonds. The molecule has 0 spiro atoms. The highest BCUT2D eigenvalue weighted by Gasteiger charge is 2.37. The van der Waals surface area contributed by atoms with Crippen molar-refractivity contribution in [1.29, 1.82) is 0 Å². The lowest BCUT2D eigenvalue weighted by Gasteiger charge is -2.23. The molecule has 2 atom stereocenters. The summed E-state index contributed by atoms with van der Waals surface area (Å²) in [6.07, 6.45) is 1.51. The van der Waals surface area contributed by atoms with E-state index in [1.54, 1.807) is 6.08 Å². The van der Waals surface area contributed by atoms with Crippen molar-refractivity contribution in [1.82, 2.24) is 18.7 Å². The second-order valence-corrected chi connectivity index (χ2v) is 9.13. The summed E-state index contributed by atoms with van der Waals surface area (Å²) in [4.78, 5) is 29.8. The van der Waals surface area contributed by atoms with Crippen molar-refractivity contribution >= 4 is 22.8 Å². The highest BCUT2D eigenvalue weighted by molar-refractivity contribution is 6.30. The van der Waals surface area contributed by atoms with E-state index in [1.807, 2.05) is 13.0 Å².